The number of carbonyl (C=O) groups is 2. The van der Waals surface area contributed by atoms with Crippen LogP contribution in [0.5, 0.6) is 17.2 Å². The van der Waals surface area contributed by atoms with Gasteiger partial charge in [0.15, 0.2) is 18.1 Å². The molecule has 0 saturated heterocycles. The molecule has 0 spiro atoms. The van der Waals surface area contributed by atoms with Gasteiger partial charge in [-0.15, -0.1) is 0 Å². The van der Waals surface area contributed by atoms with Crippen molar-refractivity contribution in [3.05, 3.63) is 52.5 Å². The molecule has 2 aromatic carbocycles. The Morgan fingerprint density at radius 3 is 2.64 bits per heavy atom. The van der Waals surface area contributed by atoms with Crippen LogP contribution in [-0.2, 0) is 4.79 Å². The van der Waals surface area contributed by atoms with E-state index in [4.69, 9.17) is 31.5 Å². The van der Waals surface area contributed by atoms with Crippen LogP contribution in [0.3, 0.4) is 0 Å². The van der Waals surface area contributed by atoms with E-state index in [2.05, 4.69) is 5.32 Å². The lowest BCUT2D eigenvalue weighted by molar-refractivity contribution is -0.119. The van der Waals surface area contributed by atoms with Gasteiger partial charge in [0.05, 0.1) is 18.7 Å². The summed E-state index contributed by atoms with van der Waals surface area (Å²) >= 11 is 6.15. The zero-order valence-corrected chi connectivity index (χ0v) is 16.5. The number of nitrogens with two attached hydrogens (primary N) is 1. The van der Waals surface area contributed by atoms with Crippen LogP contribution in [0.15, 0.2) is 36.4 Å². The van der Waals surface area contributed by atoms with Gasteiger partial charge in [-0.3, -0.25) is 9.59 Å². The number of halogens is 1. The summed E-state index contributed by atoms with van der Waals surface area (Å²) < 4.78 is 16.1. The van der Waals surface area contributed by atoms with Gasteiger partial charge in [-0.2, -0.15) is 0 Å². The molecule has 0 aliphatic carbocycles. The predicted molar refractivity (Wildman–Crippen MR) is 106 cm³/mol. The Morgan fingerprint density at radius 2 is 1.96 bits per heavy atom. The molecule has 7 nitrogen and oxygen atoms in total. The quantitative estimate of drug-likeness (QED) is 0.591. The number of amides is 2. The molecule has 0 aromatic heterocycles. The van der Waals surface area contributed by atoms with Crippen molar-refractivity contribution < 1.29 is 23.8 Å². The highest BCUT2D eigenvalue weighted by molar-refractivity contribution is 6.32. The predicted octanol–water partition coefficient (Wildman–Crippen LogP) is 2.72. The molecule has 0 fully saturated rings. The number of benzene rings is 2. The summed E-state index contributed by atoms with van der Waals surface area (Å²) in [5.41, 5.74) is 6.50. The molecule has 0 aliphatic heterocycles. The van der Waals surface area contributed by atoms with E-state index in [1.54, 1.807) is 0 Å². The van der Waals surface area contributed by atoms with Crippen molar-refractivity contribution in [2.45, 2.75) is 13.3 Å². The van der Waals surface area contributed by atoms with Gasteiger partial charge in [0.2, 0.25) is 0 Å². The van der Waals surface area contributed by atoms with E-state index >= 15 is 0 Å². The topological polar surface area (TPSA) is 99.9 Å². The second-order valence-corrected chi connectivity index (χ2v) is 6.43. The largest absolute Gasteiger partial charge is 0.494 e. The Bertz CT molecular complexity index is 841. The molecule has 0 heterocycles. The fourth-order valence-electron chi connectivity index (χ4n) is 2.41. The molecule has 0 saturated carbocycles. The zero-order valence-electron chi connectivity index (χ0n) is 15.8. The van der Waals surface area contributed by atoms with Crippen LogP contribution in [0.25, 0.3) is 0 Å². The fraction of sp³-hybridized carbons (Fsp3) is 0.300. The van der Waals surface area contributed by atoms with Crippen LogP contribution in [0, 0.1) is 6.92 Å². The molecule has 2 amide bonds. The van der Waals surface area contributed by atoms with E-state index < -0.39 is 5.91 Å². The molecule has 0 unspecified atom stereocenters. The smallest absolute Gasteiger partial charge is 0.255 e. The first-order valence-corrected chi connectivity index (χ1v) is 9.05. The Morgan fingerprint density at radius 1 is 1.18 bits per heavy atom. The minimum atomic E-state index is -0.646. The molecule has 0 aliphatic rings. The lowest BCUT2D eigenvalue weighted by atomic mass is 10.2. The Kier molecular flexibility index (Phi) is 7.95. The number of rotatable bonds is 10. The van der Waals surface area contributed by atoms with E-state index in [1.165, 1.54) is 19.2 Å². The van der Waals surface area contributed by atoms with Crippen molar-refractivity contribution in [3.8, 4) is 17.2 Å². The minimum absolute atomic E-state index is 0.147. The third kappa shape index (κ3) is 6.35. The second-order valence-electron chi connectivity index (χ2n) is 6.02. The van der Waals surface area contributed by atoms with Crippen molar-refractivity contribution in [3.63, 3.8) is 0 Å². The fourth-order valence-corrected chi connectivity index (χ4v) is 2.67. The average molecular weight is 407 g/mol. The molecule has 8 heteroatoms. The van der Waals surface area contributed by atoms with Crippen molar-refractivity contribution >= 4 is 23.4 Å². The number of hydrogen-bond donors (Lipinski definition) is 2. The van der Waals surface area contributed by atoms with Crippen molar-refractivity contribution in [1.82, 2.24) is 5.32 Å². The van der Waals surface area contributed by atoms with Crippen molar-refractivity contribution in [2.75, 3.05) is 26.9 Å². The number of methoxy groups -OCH3 is 1. The van der Waals surface area contributed by atoms with Crippen LogP contribution < -0.4 is 25.3 Å². The molecular formula is C20H23ClN2O5. The maximum Gasteiger partial charge on any atom is 0.255 e. The first-order valence-electron chi connectivity index (χ1n) is 8.67. The molecule has 150 valence electrons. The van der Waals surface area contributed by atoms with E-state index in [-0.39, 0.29) is 29.0 Å². The molecule has 2 aromatic rings. The maximum absolute atomic E-state index is 12.3. The highest BCUT2D eigenvalue weighted by atomic mass is 35.5. The molecule has 28 heavy (non-hydrogen) atoms. The van der Waals surface area contributed by atoms with E-state index in [0.717, 1.165) is 11.3 Å². The lowest BCUT2D eigenvalue weighted by Crippen LogP contribution is -2.25. The molecule has 2 rings (SSSR count). The van der Waals surface area contributed by atoms with Crippen LogP contribution >= 0.6 is 11.6 Å². The first-order chi connectivity index (χ1) is 13.4. The highest BCUT2D eigenvalue weighted by Crippen LogP contribution is 2.36. The normalized spacial score (nSPS) is 10.2. The zero-order chi connectivity index (χ0) is 20.5. The SMILES string of the molecule is COc1cc(C(=O)NCCCOc2cccc(C)c2)cc(Cl)c1OCC(N)=O. The third-order valence-electron chi connectivity index (χ3n) is 3.72. The summed E-state index contributed by atoms with van der Waals surface area (Å²) in [6, 6.07) is 10.7. The number of carbonyl (C=O) groups excluding carboxylic acids is 2. The summed E-state index contributed by atoms with van der Waals surface area (Å²) in [7, 11) is 1.41. The van der Waals surface area contributed by atoms with Gasteiger partial charge in [0.25, 0.3) is 11.8 Å². The van der Waals surface area contributed by atoms with Gasteiger partial charge in [-0.05, 0) is 43.2 Å². The Hall–Kier alpha value is -2.93. The van der Waals surface area contributed by atoms with Crippen molar-refractivity contribution in [2.24, 2.45) is 5.73 Å². The first kappa shape index (κ1) is 21.4. The summed E-state index contributed by atoms with van der Waals surface area (Å²) in [5.74, 6) is 0.243. The highest BCUT2D eigenvalue weighted by Gasteiger charge is 2.16. The van der Waals surface area contributed by atoms with E-state index in [9.17, 15) is 9.59 Å². The van der Waals surface area contributed by atoms with Gasteiger partial charge in [0.1, 0.15) is 5.75 Å². The molecular weight excluding hydrogens is 384 g/mol. The van der Waals surface area contributed by atoms with Gasteiger partial charge < -0.3 is 25.3 Å². The average Bonchev–Trinajstić information content (AvgIpc) is 2.65. The van der Waals surface area contributed by atoms with Crippen LogP contribution in [0.1, 0.15) is 22.3 Å². The third-order valence-corrected chi connectivity index (χ3v) is 4.00. The number of nitrogens with one attached hydrogen (secondary N) is 1. The molecule has 3 N–H and O–H groups in total. The van der Waals surface area contributed by atoms with Crippen LogP contribution in [0.2, 0.25) is 5.02 Å². The summed E-state index contributed by atoms with van der Waals surface area (Å²) in [6.07, 6.45) is 0.643. The lowest BCUT2D eigenvalue weighted by Gasteiger charge is -2.13. The Balaban J connectivity index is 1.87. The van der Waals surface area contributed by atoms with Crippen LogP contribution in [0.4, 0.5) is 0 Å². The maximum atomic E-state index is 12.3. The summed E-state index contributed by atoms with van der Waals surface area (Å²) in [5, 5.41) is 2.94. The van der Waals surface area contributed by atoms with Gasteiger partial charge in [-0.1, -0.05) is 23.7 Å². The number of aryl methyl sites for hydroxylation is 1. The molecule has 0 bridgehead atoms. The number of hydrogen-bond acceptors (Lipinski definition) is 5. The summed E-state index contributed by atoms with van der Waals surface area (Å²) in [6.45, 7) is 2.57. The van der Waals surface area contributed by atoms with Gasteiger partial charge >= 0.3 is 0 Å². The molecule has 0 radical (unpaired) electrons. The minimum Gasteiger partial charge on any atom is -0.494 e. The monoisotopic (exact) mass is 406 g/mol. The van der Waals surface area contributed by atoms with Gasteiger partial charge in [0, 0.05) is 12.1 Å². The van der Waals surface area contributed by atoms with Gasteiger partial charge in [-0.25, -0.2) is 0 Å². The molecule has 0 atom stereocenters. The number of ether oxygens (including phenoxy) is 3. The van der Waals surface area contributed by atoms with E-state index in [1.807, 2.05) is 31.2 Å². The van der Waals surface area contributed by atoms with E-state index in [0.29, 0.717) is 25.1 Å². The Labute approximate surface area is 168 Å². The number of primary amides is 1. The van der Waals surface area contributed by atoms with Crippen molar-refractivity contribution in [1.29, 1.82) is 0 Å². The van der Waals surface area contributed by atoms with Crippen LogP contribution in [-0.4, -0.2) is 38.7 Å². The second kappa shape index (κ2) is 10.4. The summed E-state index contributed by atoms with van der Waals surface area (Å²) in [4.78, 5) is 23.2. The standard InChI is InChI=1S/C20H23ClN2O5/c1-13-5-3-6-15(9-13)27-8-4-7-23-20(25)14-10-16(21)19(17(11-14)26-2)28-12-18(22)24/h3,5-6,9-11H,4,7-8,12H2,1-2H3,(H2,22,24)(H,23,25).